The fourth-order valence-electron chi connectivity index (χ4n) is 1.33. The van der Waals surface area contributed by atoms with Crippen LogP contribution in [0.2, 0.25) is 5.02 Å². The van der Waals surface area contributed by atoms with Gasteiger partial charge in [-0.25, -0.2) is 9.18 Å². The van der Waals surface area contributed by atoms with E-state index < -0.39 is 36.9 Å². The Balaban J connectivity index is 2.90. The molecule has 0 bridgehead atoms. The second-order valence-electron chi connectivity index (χ2n) is 3.67. The van der Waals surface area contributed by atoms with Gasteiger partial charge in [0, 0.05) is 0 Å². The molecule has 0 spiro atoms. The molecular weight excluding hydrogens is 295 g/mol. The third kappa shape index (κ3) is 4.39. The average molecular weight is 305 g/mol. The SMILES string of the molecule is O=C(O)CN(CC(=O)O)C(=O)Nc1c(F)cccc1Cl. The molecule has 0 atom stereocenters. The van der Waals surface area contributed by atoms with E-state index in [0.29, 0.717) is 4.90 Å². The molecule has 20 heavy (non-hydrogen) atoms. The summed E-state index contributed by atoms with van der Waals surface area (Å²) in [6, 6.07) is 2.60. The number of rotatable bonds is 5. The largest absolute Gasteiger partial charge is 0.480 e. The van der Waals surface area contributed by atoms with E-state index in [1.165, 1.54) is 12.1 Å². The molecule has 1 aromatic rings. The van der Waals surface area contributed by atoms with E-state index in [-0.39, 0.29) is 10.7 Å². The van der Waals surface area contributed by atoms with Gasteiger partial charge in [-0.2, -0.15) is 0 Å². The molecule has 0 radical (unpaired) electrons. The standard InChI is InChI=1S/C11H10ClFN2O5/c12-6-2-1-3-7(13)10(6)14-11(20)15(4-8(16)17)5-9(18)19/h1-3H,4-5H2,(H,14,20)(H,16,17)(H,18,19). The van der Waals surface area contributed by atoms with Crippen molar-refractivity contribution < 1.29 is 29.0 Å². The predicted molar refractivity (Wildman–Crippen MR) is 67.3 cm³/mol. The van der Waals surface area contributed by atoms with Crippen molar-refractivity contribution in [2.45, 2.75) is 0 Å². The number of anilines is 1. The van der Waals surface area contributed by atoms with E-state index in [0.717, 1.165) is 6.07 Å². The van der Waals surface area contributed by atoms with Crippen molar-refractivity contribution in [2.75, 3.05) is 18.4 Å². The molecule has 0 aliphatic carbocycles. The molecule has 1 rings (SSSR count). The zero-order valence-electron chi connectivity index (χ0n) is 9.97. The molecule has 0 aliphatic rings. The van der Waals surface area contributed by atoms with E-state index in [4.69, 9.17) is 21.8 Å². The summed E-state index contributed by atoms with van der Waals surface area (Å²) in [4.78, 5) is 33.4. The minimum atomic E-state index is -1.40. The van der Waals surface area contributed by atoms with Gasteiger partial charge < -0.3 is 20.4 Å². The molecule has 3 N–H and O–H groups in total. The summed E-state index contributed by atoms with van der Waals surface area (Å²) in [5.41, 5.74) is -0.347. The first-order valence-corrected chi connectivity index (χ1v) is 5.62. The quantitative estimate of drug-likeness (QED) is 0.764. The van der Waals surface area contributed by atoms with Gasteiger partial charge in [-0.05, 0) is 12.1 Å². The van der Waals surface area contributed by atoms with E-state index >= 15 is 0 Å². The average Bonchev–Trinajstić information content (AvgIpc) is 2.31. The minimum absolute atomic E-state index is 0.0936. The molecule has 0 aromatic heterocycles. The highest BCUT2D eigenvalue weighted by atomic mass is 35.5. The highest BCUT2D eigenvalue weighted by molar-refractivity contribution is 6.33. The summed E-state index contributed by atoms with van der Waals surface area (Å²) >= 11 is 5.68. The van der Waals surface area contributed by atoms with Crippen LogP contribution in [-0.4, -0.2) is 46.2 Å². The number of halogens is 2. The van der Waals surface area contributed by atoms with Crippen LogP contribution in [0.15, 0.2) is 18.2 Å². The summed E-state index contributed by atoms with van der Waals surface area (Å²) in [6.45, 7) is -1.69. The Morgan fingerprint density at radius 1 is 1.20 bits per heavy atom. The number of hydrogen-bond donors (Lipinski definition) is 3. The maximum Gasteiger partial charge on any atom is 0.323 e. The molecule has 0 fully saturated rings. The Hall–Kier alpha value is -2.35. The fraction of sp³-hybridized carbons (Fsp3) is 0.182. The summed E-state index contributed by atoms with van der Waals surface area (Å²) in [7, 11) is 0. The van der Waals surface area contributed by atoms with Crippen molar-refractivity contribution in [3.63, 3.8) is 0 Å². The highest BCUT2D eigenvalue weighted by Crippen LogP contribution is 2.24. The lowest BCUT2D eigenvalue weighted by Gasteiger charge is -2.19. The molecule has 108 valence electrons. The van der Waals surface area contributed by atoms with Crippen molar-refractivity contribution >= 4 is 35.3 Å². The Labute approximate surface area is 117 Å². The zero-order chi connectivity index (χ0) is 15.3. The molecule has 2 amide bonds. The second-order valence-corrected chi connectivity index (χ2v) is 4.08. The van der Waals surface area contributed by atoms with Gasteiger partial charge in [-0.15, -0.1) is 0 Å². The van der Waals surface area contributed by atoms with Crippen LogP contribution in [0.1, 0.15) is 0 Å². The third-order valence-electron chi connectivity index (χ3n) is 2.13. The van der Waals surface area contributed by atoms with Gasteiger partial charge in [0.05, 0.1) is 10.7 Å². The number of carboxylic acid groups (broad SMARTS) is 2. The van der Waals surface area contributed by atoms with Crippen LogP contribution in [0.4, 0.5) is 14.9 Å². The number of carboxylic acids is 2. The Morgan fingerprint density at radius 3 is 2.20 bits per heavy atom. The van der Waals surface area contributed by atoms with Crippen molar-refractivity contribution in [3.8, 4) is 0 Å². The maximum atomic E-state index is 13.4. The number of amides is 2. The normalized spacial score (nSPS) is 9.90. The van der Waals surface area contributed by atoms with Crippen LogP contribution in [0, 0.1) is 5.82 Å². The number of urea groups is 1. The lowest BCUT2D eigenvalue weighted by atomic mass is 10.3. The van der Waals surface area contributed by atoms with Crippen LogP contribution in [-0.2, 0) is 9.59 Å². The van der Waals surface area contributed by atoms with Gasteiger partial charge in [-0.1, -0.05) is 17.7 Å². The van der Waals surface area contributed by atoms with Crippen molar-refractivity contribution in [2.24, 2.45) is 0 Å². The van der Waals surface area contributed by atoms with Gasteiger partial charge in [-0.3, -0.25) is 9.59 Å². The van der Waals surface area contributed by atoms with Crippen molar-refractivity contribution in [3.05, 3.63) is 29.0 Å². The first-order valence-electron chi connectivity index (χ1n) is 5.24. The van der Waals surface area contributed by atoms with Crippen LogP contribution in [0.25, 0.3) is 0 Å². The number of benzene rings is 1. The number of aliphatic carboxylic acids is 2. The summed E-state index contributed by atoms with van der Waals surface area (Å²) < 4.78 is 13.4. The molecular formula is C11H10ClFN2O5. The van der Waals surface area contributed by atoms with E-state index in [2.05, 4.69) is 0 Å². The molecule has 0 aliphatic heterocycles. The number of carbonyl (C=O) groups is 3. The fourth-order valence-corrected chi connectivity index (χ4v) is 1.54. The minimum Gasteiger partial charge on any atom is -0.480 e. The van der Waals surface area contributed by atoms with Gasteiger partial charge in [0.1, 0.15) is 18.9 Å². The van der Waals surface area contributed by atoms with Crippen molar-refractivity contribution in [1.29, 1.82) is 0 Å². The number of hydrogen-bond acceptors (Lipinski definition) is 3. The Kier molecular flexibility index (Phi) is 5.27. The number of para-hydroxylation sites is 1. The molecule has 9 heteroatoms. The third-order valence-corrected chi connectivity index (χ3v) is 2.45. The predicted octanol–water partition coefficient (Wildman–Crippen LogP) is 1.48. The van der Waals surface area contributed by atoms with Crippen LogP contribution in [0.5, 0.6) is 0 Å². The molecule has 0 saturated carbocycles. The van der Waals surface area contributed by atoms with Gasteiger partial charge in [0.15, 0.2) is 0 Å². The van der Waals surface area contributed by atoms with Gasteiger partial charge in [0.2, 0.25) is 0 Å². The molecule has 7 nitrogen and oxygen atoms in total. The smallest absolute Gasteiger partial charge is 0.323 e. The lowest BCUT2D eigenvalue weighted by Crippen LogP contribution is -2.42. The van der Waals surface area contributed by atoms with Crippen LogP contribution >= 0.6 is 11.6 Å². The van der Waals surface area contributed by atoms with Crippen LogP contribution in [0.3, 0.4) is 0 Å². The topological polar surface area (TPSA) is 107 Å². The van der Waals surface area contributed by atoms with Crippen LogP contribution < -0.4 is 5.32 Å². The van der Waals surface area contributed by atoms with E-state index in [1.807, 2.05) is 5.32 Å². The maximum absolute atomic E-state index is 13.4. The number of nitrogens with zero attached hydrogens (tertiary/aromatic N) is 1. The Bertz CT molecular complexity index is 515. The second kappa shape index (κ2) is 6.71. The first-order chi connectivity index (χ1) is 9.31. The number of carbonyl (C=O) groups excluding carboxylic acids is 1. The molecule has 0 heterocycles. The van der Waals surface area contributed by atoms with Crippen molar-refractivity contribution in [1.82, 2.24) is 4.90 Å². The first kappa shape index (κ1) is 15.7. The van der Waals surface area contributed by atoms with Gasteiger partial charge >= 0.3 is 18.0 Å². The summed E-state index contributed by atoms with van der Waals surface area (Å²) in [6.07, 6.45) is 0. The zero-order valence-corrected chi connectivity index (χ0v) is 10.7. The highest BCUT2D eigenvalue weighted by Gasteiger charge is 2.21. The summed E-state index contributed by atoms with van der Waals surface area (Å²) in [5.74, 6) is -3.63. The monoisotopic (exact) mass is 304 g/mol. The lowest BCUT2D eigenvalue weighted by molar-refractivity contribution is -0.140. The number of nitrogens with one attached hydrogen (secondary N) is 1. The summed E-state index contributed by atoms with van der Waals surface area (Å²) in [5, 5.41) is 19.2. The van der Waals surface area contributed by atoms with E-state index in [9.17, 15) is 18.8 Å². The molecule has 0 unspecified atom stereocenters. The Morgan fingerprint density at radius 2 is 1.75 bits per heavy atom. The van der Waals surface area contributed by atoms with Gasteiger partial charge in [0.25, 0.3) is 0 Å². The van der Waals surface area contributed by atoms with E-state index in [1.54, 1.807) is 0 Å². The molecule has 0 saturated heterocycles. The molecule has 1 aromatic carbocycles.